The summed E-state index contributed by atoms with van der Waals surface area (Å²) in [5, 5.41) is 4.39. The standard InChI is InChI=1S/C21H18Cl2FNO2/c1-26-21-9-7-17(11-18(21)23)25-12-15-10-16(22)6-8-20(15)27-13-14-4-2-3-5-19(14)24/h2-11,25H,12-13H2,1H3. The van der Waals surface area contributed by atoms with Gasteiger partial charge in [-0.3, -0.25) is 0 Å². The highest BCUT2D eigenvalue weighted by atomic mass is 35.5. The van der Waals surface area contributed by atoms with E-state index >= 15 is 0 Å². The lowest BCUT2D eigenvalue weighted by molar-refractivity contribution is 0.297. The summed E-state index contributed by atoms with van der Waals surface area (Å²) < 4.78 is 24.8. The van der Waals surface area contributed by atoms with Crippen molar-refractivity contribution in [2.45, 2.75) is 13.2 Å². The van der Waals surface area contributed by atoms with Gasteiger partial charge in [-0.2, -0.15) is 0 Å². The van der Waals surface area contributed by atoms with Crippen LogP contribution in [-0.2, 0) is 13.2 Å². The van der Waals surface area contributed by atoms with Gasteiger partial charge in [-0.1, -0.05) is 41.4 Å². The average Bonchev–Trinajstić information content (AvgIpc) is 2.67. The van der Waals surface area contributed by atoms with Crippen LogP contribution in [0.3, 0.4) is 0 Å². The molecule has 1 N–H and O–H groups in total. The van der Waals surface area contributed by atoms with Crippen molar-refractivity contribution in [3.8, 4) is 11.5 Å². The summed E-state index contributed by atoms with van der Waals surface area (Å²) in [6.07, 6.45) is 0. The SMILES string of the molecule is COc1ccc(NCc2cc(Cl)ccc2OCc2ccccc2F)cc1Cl. The molecule has 0 spiro atoms. The number of nitrogens with one attached hydrogen (secondary N) is 1. The summed E-state index contributed by atoms with van der Waals surface area (Å²) in [4.78, 5) is 0. The van der Waals surface area contributed by atoms with Gasteiger partial charge in [-0.05, 0) is 42.5 Å². The maximum atomic E-state index is 13.8. The van der Waals surface area contributed by atoms with E-state index in [-0.39, 0.29) is 12.4 Å². The fourth-order valence-electron chi connectivity index (χ4n) is 2.57. The number of halogens is 3. The summed E-state index contributed by atoms with van der Waals surface area (Å²) >= 11 is 12.3. The topological polar surface area (TPSA) is 30.5 Å². The van der Waals surface area contributed by atoms with Gasteiger partial charge in [-0.25, -0.2) is 4.39 Å². The Morgan fingerprint density at radius 1 is 0.926 bits per heavy atom. The number of ether oxygens (including phenoxy) is 2. The Kier molecular flexibility index (Phi) is 6.43. The number of anilines is 1. The highest BCUT2D eigenvalue weighted by Gasteiger charge is 2.08. The van der Waals surface area contributed by atoms with Crippen LogP contribution >= 0.6 is 23.2 Å². The van der Waals surface area contributed by atoms with Crippen molar-refractivity contribution in [3.63, 3.8) is 0 Å². The monoisotopic (exact) mass is 405 g/mol. The van der Waals surface area contributed by atoms with Crippen molar-refractivity contribution in [1.29, 1.82) is 0 Å². The molecule has 27 heavy (non-hydrogen) atoms. The third kappa shape index (κ3) is 5.06. The van der Waals surface area contributed by atoms with Gasteiger partial charge in [0.2, 0.25) is 0 Å². The van der Waals surface area contributed by atoms with E-state index in [1.807, 2.05) is 12.1 Å². The van der Waals surface area contributed by atoms with Crippen LogP contribution in [0, 0.1) is 5.82 Å². The third-order valence-electron chi connectivity index (χ3n) is 4.00. The number of hydrogen-bond donors (Lipinski definition) is 1. The van der Waals surface area contributed by atoms with Crippen LogP contribution in [0.15, 0.2) is 60.7 Å². The smallest absolute Gasteiger partial charge is 0.137 e. The molecule has 6 heteroatoms. The first-order valence-electron chi connectivity index (χ1n) is 8.29. The van der Waals surface area contributed by atoms with Crippen molar-refractivity contribution in [3.05, 3.63) is 87.7 Å². The molecular weight excluding hydrogens is 388 g/mol. The van der Waals surface area contributed by atoms with Gasteiger partial charge in [0.05, 0.1) is 12.1 Å². The molecule has 3 rings (SSSR count). The van der Waals surface area contributed by atoms with Crippen LogP contribution in [0.1, 0.15) is 11.1 Å². The summed E-state index contributed by atoms with van der Waals surface area (Å²) in [5.41, 5.74) is 2.18. The normalized spacial score (nSPS) is 10.5. The summed E-state index contributed by atoms with van der Waals surface area (Å²) in [5.74, 6) is 0.952. The molecule has 0 bridgehead atoms. The van der Waals surface area contributed by atoms with Gasteiger partial charge in [0.1, 0.15) is 23.9 Å². The molecule has 0 heterocycles. The Labute approximate surface area is 167 Å². The molecule has 0 saturated carbocycles. The van der Waals surface area contributed by atoms with E-state index in [0.717, 1.165) is 11.3 Å². The Hall–Kier alpha value is -2.43. The first-order chi connectivity index (χ1) is 13.1. The fraction of sp³-hybridized carbons (Fsp3) is 0.143. The van der Waals surface area contributed by atoms with Crippen molar-refractivity contribution < 1.29 is 13.9 Å². The Morgan fingerprint density at radius 3 is 2.44 bits per heavy atom. The van der Waals surface area contributed by atoms with Crippen LogP contribution in [0.4, 0.5) is 10.1 Å². The molecule has 3 nitrogen and oxygen atoms in total. The molecule has 0 aliphatic carbocycles. The molecule has 0 atom stereocenters. The number of hydrogen-bond acceptors (Lipinski definition) is 3. The van der Waals surface area contributed by atoms with Gasteiger partial charge in [0.25, 0.3) is 0 Å². The first kappa shape index (κ1) is 19.3. The average molecular weight is 406 g/mol. The molecule has 0 aromatic heterocycles. The van der Waals surface area contributed by atoms with Gasteiger partial charge in [0.15, 0.2) is 0 Å². The van der Waals surface area contributed by atoms with Crippen LogP contribution < -0.4 is 14.8 Å². The molecule has 140 valence electrons. The zero-order chi connectivity index (χ0) is 19.2. The summed E-state index contributed by atoms with van der Waals surface area (Å²) in [6, 6.07) is 17.3. The van der Waals surface area contributed by atoms with Gasteiger partial charge < -0.3 is 14.8 Å². The van der Waals surface area contributed by atoms with Crippen LogP contribution in [0.5, 0.6) is 11.5 Å². The van der Waals surface area contributed by atoms with Crippen LogP contribution in [0.2, 0.25) is 10.0 Å². The Bertz CT molecular complexity index is 934. The van der Waals surface area contributed by atoms with E-state index in [1.165, 1.54) is 6.07 Å². The number of methoxy groups -OCH3 is 1. The molecular formula is C21H18Cl2FNO2. The second kappa shape index (κ2) is 8.98. The quantitative estimate of drug-likeness (QED) is 0.497. The largest absolute Gasteiger partial charge is 0.495 e. The van der Waals surface area contributed by atoms with E-state index in [0.29, 0.717) is 33.7 Å². The van der Waals surface area contributed by atoms with E-state index in [9.17, 15) is 4.39 Å². The highest BCUT2D eigenvalue weighted by Crippen LogP contribution is 2.29. The van der Waals surface area contributed by atoms with Crippen molar-refractivity contribution in [2.24, 2.45) is 0 Å². The van der Waals surface area contributed by atoms with E-state index < -0.39 is 0 Å². The van der Waals surface area contributed by atoms with E-state index in [2.05, 4.69) is 5.32 Å². The summed E-state index contributed by atoms with van der Waals surface area (Å²) in [7, 11) is 1.57. The fourth-order valence-corrected chi connectivity index (χ4v) is 3.02. The van der Waals surface area contributed by atoms with Gasteiger partial charge in [-0.15, -0.1) is 0 Å². The van der Waals surface area contributed by atoms with Crippen molar-refractivity contribution in [2.75, 3.05) is 12.4 Å². The second-order valence-electron chi connectivity index (χ2n) is 5.84. The van der Waals surface area contributed by atoms with Crippen LogP contribution in [0.25, 0.3) is 0 Å². The Balaban J connectivity index is 1.72. The minimum Gasteiger partial charge on any atom is -0.495 e. The predicted octanol–water partition coefficient (Wildman–Crippen LogP) is 6.33. The van der Waals surface area contributed by atoms with Crippen molar-refractivity contribution in [1.82, 2.24) is 0 Å². The number of benzene rings is 3. The van der Waals surface area contributed by atoms with Crippen molar-refractivity contribution >= 4 is 28.9 Å². The summed E-state index contributed by atoms with van der Waals surface area (Å²) in [6.45, 7) is 0.603. The molecule has 0 aliphatic heterocycles. The van der Waals surface area contributed by atoms with Crippen LogP contribution in [-0.4, -0.2) is 7.11 Å². The van der Waals surface area contributed by atoms with Gasteiger partial charge in [0, 0.05) is 28.4 Å². The molecule has 0 aliphatic rings. The highest BCUT2D eigenvalue weighted by molar-refractivity contribution is 6.32. The maximum Gasteiger partial charge on any atom is 0.137 e. The predicted molar refractivity (Wildman–Crippen MR) is 108 cm³/mol. The molecule has 3 aromatic rings. The lowest BCUT2D eigenvalue weighted by Gasteiger charge is -2.14. The number of rotatable bonds is 7. The minimum absolute atomic E-state index is 0.135. The zero-order valence-electron chi connectivity index (χ0n) is 14.6. The maximum absolute atomic E-state index is 13.8. The second-order valence-corrected chi connectivity index (χ2v) is 6.68. The Morgan fingerprint density at radius 2 is 1.70 bits per heavy atom. The van der Waals surface area contributed by atoms with E-state index in [4.69, 9.17) is 32.7 Å². The van der Waals surface area contributed by atoms with Gasteiger partial charge >= 0.3 is 0 Å². The lowest BCUT2D eigenvalue weighted by Crippen LogP contribution is -2.05. The molecule has 0 amide bonds. The third-order valence-corrected chi connectivity index (χ3v) is 4.53. The molecule has 3 aromatic carbocycles. The molecule has 0 fully saturated rings. The zero-order valence-corrected chi connectivity index (χ0v) is 16.1. The van der Waals surface area contributed by atoms with E-state index in [1.54, 1.807) is 49.6 Å². The lowest BCUT2D eigenvalue weighted by atomic mass is 10.2. The minimum atomic E-state index is -0.293. The first-order valence-corrected chi connectivity index (χ1v) is 9.04. The molecule has 0 radical (unpaired) electrons. The molecule has 0 saturated heterocycles. The molecule has 0 unspecified atom stereocenters.